The van der Waals surface area contributed by atoms with Gasteiger partial charge < -0.3 is 5.32 Å². The van der Waals surface area contributed by atoms with Gasteiger partial charge in [0.15, 0.2) is 0 Å². The smallest absolute Gasteiger partial charge is 0.247 e. The van der Waals surface area contributed by atoms with E-state index < -0.39 is 0 Å². The number of nitrogens with one attached hydrogen (secondary N) is 1. The van der Waals surface area contributed by atoms with Crippen molar-refractivity contribution in [1.29, 1.82) is 0 Å². The first-order chi connectivity index (χ1) is 9.15. The van der Waals surface area contributed by atoms with Crippen molar-refractivity contribution in [2.45, 2.75) is 58.0 Å². The average Bonchev–Trinajstić information content (AvgIpc) is 2.68. The molecule has 1 atom stereocenters. The molecule has 2 amide bonds. The molecule has 1 unspecified atom stereocenters. The van der Waals surface area contributed by atoms with E-state index in [4.69, 9.17) is 0 Å². The van der Waals surface area contributed by atoms with Gasteiger partial charge in [0.25, 0.3) is 0 Å². The fraction of sp³-hybridized carbons (Fsp3) is 0.857. The first kappa shape index (κ1) is 16.5. The number of imide groups is 1. The highest BCUT2D eigenvalue weighted by molar-refractivity contribution is 7.98. The number of thioether (sulfide) groups is 1. The maximum atomic E-state index is 12.2. The summed E-state index contributed by atoms with van der Waals surface area (Å²) in [7, 11) is 0. The molecule has 1 N–H and O–H groups in total. The lowest BCUT2D eigenvalue weighted by atomic mass is 10.1. The lowest BCUT2D eigenvalue weighted by Crippen LogP contribution is -2.43. The minimum atomic E-state index is -0.289. The maximum absolute atomic E-state index is 12.2. The number of rotatable bonds is 9. The van der Waals surface area contributed by atoms with Crippen LogP contribution in [-0.4, -0.2) is 47.4 Å². The Hall–Kier alpha value is -0.550. The van der Waals surface area contributed by atoms with Crippen LogP contribution in [0.5, 0.6) is 0 Å². The van der Waals surface area contributed by atoms with E-state index in [0.29, 0.717) is 6.42 Å². The van der Waals surface area contributed by atoms with Crippen molar-refractivity contribution >= 4 is 23.6 Å². The third-order valence-electron chi connectivity index (χ3n) is 3.66. The summed E-state index contributed by atoms with van der Waals surface area (Å²) in [5, 5.41) is 3.23. The molecule has 0 aliphatic carbocycles. The molecule has 1 fully saturated rings. The van der Waals surface area contributed by atoms with E-state index in [-0.39, 0.29) is 23.9 Å². The fourth-order valence-corrected chi connectivity index (χ4v) is 2.99. The van der Waals surface area contributed by atoms with Gasteiger partial charge in [-0.2, -0.15) is 11.8 Å². The molecule has 4 nitrogen and oxygen atoms in total. The van der Waals surface area contributed by atoms with Crippen molar-refractivity contribution in [3.63, 3.8) is 0 Å². The van der Waals surface area contributed by atoms with Gasteiger partial charge in [-0.1, -0.05) is 13.8 Å². The van der Waals surface area contributed by atoms with E-state index in [9.17, 15) is 9.59 Å². The van der Waals surface area contributed by atoms with E-state index in [1.165, 1.54) is 4.90 Å². The molecule has 19 heavy (non-hydrogen) atoms. The van der Waals surface area contributed by atoms with E-state index in [1.54, 1.807) is 0 Å². The van der Waals surface area contributed by atoms with Crippen molar-refractivity contribution in [3.05, 3.63) is 0 Å². The summed E-state index contributed by atoms with van der Waals surface area (Å²) in [6, 6.07) is -0.217. The largest absolute Gasteiger partial charge is 0.305 e. The van der Waals surface area contributed by atoms with Crippen LogP contribution in [-0.2, 0) is 9.59 Å². The van der Waals surface area contributed by atoms with Crippen LogP contribution < -0.4 is 5.32 Å². The van der Waals surface area contributed by atoms with Gasteiger partial charge in [0.2, 0.25) is 11.8 Å². The highest BCUT2D eigenvalue weighted by Gasteiger charge is 2.40. The number of nitrogens with zero attached hydrogens (tertiary/aromatic N) is 1. The zero-order chi connectivity index (χ0) is 14.3. The minimum absolute atomic E-state index is 0.0136. The Bertz CT molecular complexity index is 306. The summed E-state index contributed by atoms with van der Waals surface area (Å²) in [4.78, 5) is 25.7. The van der Waals surface area contributed by atoms with Crippen molar-refractivity contribution in [1.82, 2.24) is 10.2 Å². The van der Waals surface area contributed by atoms with Crippen LogP contribution in [0.4, 0.5) is 0 Å². The summed E-state index contributed by atoms with van der Waals surface area (Å²) in [5.41, 5.74) is 0. The van der Waals surface area contributed by atoms with Gasteiger partial charge in [-0.05, 0) is 44.2 Å². The molecule has 110 valence electrons. The second kappa shape index (κ2) is 8.59. The van der Waals surface area contributed by atoms with Gasteiger partial charge >= 0.3 is 0 Å². The summed E-state index contributed by atoms with van der Waals surface area (Å²) in [6.07, 6.45) is 6.32. The van der Waals surface area contributed by atoms with Crippen LogP contribution in [0.15, 0.2) is 0 Å². The summed E-state index contributed by atoms with van der Waals surface area (Å²) in [6.45, 7) is 4.87. The van der Waals surface area contributed by atoms with Crippen molar-refractivity contribution in [3.8, 4) is 0 Å². The molecule has 5 heteroatoms. The molecule has 0 radical (unpaired) electrons. The number of carbonyl (C=O) groups excluding carboxylic acids is 2. The van der Waals surface area contributed by atoms with Gasteiger partial charge in [0, 0.05) is 6.04 Å². The van der Waals surface area contributed by atoms with Crippen molar-refractivity contribution < 1.29 is 9.59 Å². The molecule has 0 spiro atoms. The van der Waals surface area contributed by atoms with Crippen LogP contribution >= 0.6 is 11.8 Å². The zero-order valence-corrected chi connectivity index (χ0v) is 13.1. The fourth-order valence-electron chi connectivity index (χ4n) is 2.50. The lowest BCUT2D eigenvalue weighted by molar-refractivity contribution is -0.141. The lowest BCUT2D eigenvalue weighted by Gasteiger charge is -2.24. The summed E-state index contributed by atoms with van der Waals surface area (Å²) < 4.78 is 0. The quantitative estimate of drug-likeness (QED) is 0.520. The van der Waals surface area contributed by atoms with Gasteiger partial charge in [-0.15, -0.1) is 0 Å². The number of likely N-dealkylation sites (tertiary alicyclic amines) is 1. The first-order valence-electron chi connectivity index (χ1n) is 7.23. The normalized spacial score (nSPS) is 19.8. The molecule has 1 saturated heterocycles. The van der Waals surface area contributed by atoms with Gasteiger partial charge in [-0.3, -0.25) is 14.5 Å². The Labute approximate surface area is 120 Å². The highest BCUT2D eigenvalue weighted by atomic mass is 32.2. The van der Waals surface area contributed by atoms with E-state index in [2.05, 4.69) is 11.6 Å². The number of hydrogen-bond acceptors (Lipinski definition) is 4. The van der Waals surface area contributed by atoms with Gasteiger partial charge in [-0.25, -0.2) is 0 Å². The minimum Gasteiger partial charge on any atom is -0.305 e. The SMILES string of the molecule is CCC(CC)N1C(=O)CC(NCCCCSC)C1=O. The monoisotopic (exact) mass is 286 g/mol. The Morgan fingerprint density at radius 3 is 2.58 bits per heavy atom. The Morgan fingerprint density at radius 2 is 2.00 bits per heavy atom. The van der Waals surface area contributed by atoms with Crippen LogP contribution in [0.25, 0.3) is 0 Å². The summed E-state index contributed by atoms with van der Waals surface area (Å²) >= 11 is 1.84. The zero-order valence-electron chi connectivity index (χ0n) is 12.3. The standard InChI is InChI=1S/C14H26N2O2S/c1-4-11(5-2)16-13(17)10-12(14(16)18)15-8-6-7-9-19-3/h11-12,15H,4-10H2,1-3H3. The molecule has 0 aromatic heterocycles. The van der Waals surface area contributed by atoms with Crippen molar-refractivity contribution in [2.75, 3.05) is 18.6 Å². The van der Waals surface area contributed by atoms with E-state index in [0.717, 1.165) is 38.0 Å². The first-order valence-corrected chi connectivity index (χ1v) is 8.63. The molecule has 0 bridgehead atoms. The van der Waals surface area contributed by atoms with Crippen LogP contribution in [0.2, 0.25) is 0 Å². The summed E-state index contributed by atoms with van der Waals surface area (Å²) in [5.74, 6) is 1.11. The second-order valence-corrected chi connectivity index (χ2v) is 5.97. The van der Waals surface area contributed by atoms with Crippen molar-refractivity contribution in [2.24, 2.45) is 0 Å². The number of unbranched alkanes of at least 4 members (excludes halogenated alkanes) is 1. The predicted octanol–water partition coefficient (Wildman–Crippen LogP) is 2.04. The van der Waals surface area contributed by atoms with Crippen LogP contribution in [0.1, 0.15) is 46.0 Å². The molecular weight excluding hydrogens is 260 g/mol. The third kappa shape index (κ3) is 4.49. The Balaban J connectivity index is 2.42. The van der Waals surface area contributed by atoms with Crippen LogP contribution in [0.3, 0.4) is 0 Å². The maximum Gasteiger partial charge on any atom is 0.247 e. The molecule has 1 rings (SSSR count). The predicted molar refractivity (Wildman–Crippen MR) is 80.2 cm³/mol. The van der Waals surface area contributed by atoms with Gasteiger partial charge in [0.1, 0.15) is 0 Å². The third-order valence-corrected chi connectivity index (χ3v) is 4.35. The molecular formula is C14H26N2O2S. The molecule has 0 aromatic rings. The number of hydrogen-bond donors (Lipinski definition) is 1. The van der Waals surface area contributed by atoms with E-state index >= 15 is 0 Å². The molecule has 0 saturated carbocycles. The Kier molecular flexibility index (Phi) is 7.46. The topological polar surface area (TPSA) is 49.4 Å². The van der Waals surface area contributed by atoms with E-state index in [1.807, 2.05) is 25.6 Å². The van der Waals surface area contributed by atoms with Gasteiger partial charge in [0.05, 0.1) is 12.5 Å². The van der Waals surface area contributed by atoms with Crippen LogP contribution in [0, 0.1) is 0 Å². The second-order valence-electron chi connectivity index (χ2n) is 4.98. The Morgan fingerprint density at radius 1 is 1.32 bits per heavy atom. The highest BCUT2D eigenvalue weighted by Crippen LogP contribution is 2.20. The number of carbonyl (C=O) groups is 2. The number of amides is 2. The average molecular weight is 286 g/mol. The molecule has 1 heterocycles. The molecule has 0 aromatic carbocycles. The molecule has 1 aliphatic heterocycles. The molecule has 1 aliphatic rings.